The molecule has 6 nitrogen and oxygen atoms in total. The molecule has 0 saturated heterocycles. The Bertz CT molecular complexity index is 936. The lowest BCUT2D eigenvalue weighted by Crippen LogP contribution is -2.30. The first-order valence-electron chi connectivity index (χ1n) is 28.5. The molecule has 0 rings (SSSR count). The Morgan fingerprint density at radius 2 is 0.429 bits per heavy atom. The van der Waals surface area contributed by atoms with E-state index in [1.807, 2.05) is 0 Å². The van der Waals surface area contributed by atoms with E-state index in [-0.39, 0.29) is 31.1 Å². The summed E-state index contributed by atoms with van der Waals surface area (Å²) < 4.78 is 16.8. The van der Waals surface area contributed by atoms with Crippen LogP contribution in [0.1, 0.15) is 329 Å². The largest absolute Gasteiger partial charge is 0.462 e. The van der Waals surface area contributed by atoms with Crippen LogP contribution in [0.4, 0.5) is 0 Å². The molecule has 374 valence electrons. The van der Waals surface area contributed by atoms with Crippen LogP contribution in [0.25, 0.3) is 0 Å². The van der Waals surface area contributed by atoms with Crippen molar-refractivity contribution in [3.63, 3.8) is 0 Å². The number of carbonyl (C=O) groups is 3. The van der Waals surface area contributed by atoms with Gasteiger partial charge in [-0.15, -0.1) is 0 Å². The lowest BCUT2D eigenvalue weighted by atomic mass is 10.0. The zero-order chi connectivity index (χ0) is 45.8. The SMILES string of the molecule is CCCCCCCCCCCCCCCCCCCCCCCC(=O)OC[C@H](COC(=O)CCCCCCCCCCCCCCC)OC(=O)CCCCCCCCCCCCC. The molecule has 0 aliphatic heterocycles. The molecule has 0 aliphatic carbocycles. The van der Waals surface area contributed by atoms with Gasteiger partial charge in [-0.1, -0.05) is 290 Å². The Labute approximate surface area is 393 Å². The van der Waals surface area contributed by atoms with E-state index in [2.05, 4.69) is 20.8 Å². The number of rotatable bonds is 53. The molecule has 0 bridgehead atoms. The Balaban J connectivity index is 4.19. The molecular weight excluding hydrogens is 781 g/mol. The van der Waals surface area contributed by atoms with Gasteiger partial charge in [0.2, 0.25) is 0 Å². The number of hydrogen-bond acceptors (Lipinski definition) is 6. The van der Waals surface area contributed by atoms with Gasteiger partial charge >= 0.3 is 17.9 Å². The molecule has 0 radical (unpaired) electrons. The fourth-order valence-corrected chi connectivity index (χ4v) is 8.80. The van der Waals surface area contributed by atoms with Crippen molar-refractivity contribution in [1.82, 2.24) is 0 Å². The van der Waals surface area contributed by atoms with E-state index in [0.717, 1.165) is 57.8 Å². The van der Waals surface area contributed by atoms with E-state index in [9.17, 15) is 14.4 Å². The molecule has 0 amide bonds. The second-order valence-electron chi connectivity index (χ2n) is 19.6. The minimum atomic E-state index is -0.760. The lowest BCUT2D eigenvalue weighted by molar-refractivity contribution is -0.167. The molecule has 0 aromatic rings. The standard InChI is InChI=1S/C57H110O6/c1-4-7-10-13-16-19-22-24-25-26-27-28-29-30-31-33-36-38-41-44-47-50-56(59)62-53-54(63-57(60)51-48-45-42-39-34-21-18-15-12-9-6-3)52-61-55(58)49-46-43-40-37-35-32-23-20-17-14-11-8-5-2/h54H,4-53H2,1-3H3/t54-/m0/s1. The highest BCUT2D eigenvalue weighted by Crippen LogP contribution is 2.18. The van der Waals surface area contributed by atoms with Gasteiger partial charge in [-0.25, -0.2) is 0 Å². The molecule has 0 N–H and O–H groups in total. The fraction of sp³-hybridized carbons (Fsp3) is 0.947. The summed E-state index contributed by atoms with van der Waals surface area (Å²) in [7, 11) is 0. The van der Waals surface area contributed by atoms with Crippen LogP contribution >= 0.6 is 0 Å². The topological polar surface area (TPSA) is 78.9 Å². The van der Waals surface area contributed by atoms with Crippen molar-refractivity contribution >= 4 is 17.9 Å². The Hall–Kier alpha value is -1.59. The molecule has 0 aromatic heterocycles. The van der Waals surface area contributed by atoms with Crippen LogP contribution in [-0.4, -0.2) is 37.2 Å². The molecule has 0 aliphatic rings. The van der Waals surface area contributed by atoms with Crippen molar-refractivity contribution in [1.29, 1.82) is 0 Å². The van der Waals surface area contributed by atoms with Crippen molar-refractivity contribution in [3.05, 3.63) is 0 Å². The van der Waals surface area contributed by atoms with E-state index in [4.69, 9.17) is 14.2 Å². The summed E-state index contributed by atoms with van der Waals surface area (Å²) in [6, 6.07) is 0. The van der Waals surface area contributed by atoms with Crippen molar-refractivity contribution in [2.24, 2.45) is 0 Å². The van der Waals surface area contributed by atoms with E-state index in [1.165, 1.54) is 231 Å². The first kappa shape index (κ1) is 61.4. The van der Waals surface area contributed by atoms with Crippen LogP contribution in [0.3, 0.4) is 0 Å². The second kappa shape index (κ2) is 53.0. The normalized spacial score (nSPS) is 11.9. The molecule has 0 saturated carbocycles. The van der Waals surface area contributed by atoms with Crippen LogP contribution in [-0.2, 0) is 28.6 Å². The van der Waals surface area contributed by atoms with Gasteiger partial charge in [0, 0.05) is 19.3 Å². The first-order chi connectivity index (χ1) is 31.0. The summed E-state index contributed by atoms with van der Waals surface area (Å²) in [6.45, 7) is 6.69. The third-order valence-electron chi connectivity index (χ3n) is 13.1. The third kappa shape index (κ3) is 51.3. The molecule has 63 heavy (non-hydrogen) atoms. The van der Waals surface area contributed by atoms with E-state index >= 15 is 0 Å². The number of esters is 3. The number of hydrogen-bond donors (Lipinski definition) is 0. The highest BCUT2D eigenvalue weighted by Gasteiger charge is 2.19. The molecule has 6 heteroatoms. The molecule has 0 unspecified atom stereocenters. The highest BCUT2D eigenvalue weighted by molar-refractivity contribution is 5.71. The van der Waals surface area contributed by atoms with E-state index < -0.39 is 6.10 Å². The average molecular weight is 892 g/mol. The summed E-state index contributed by atoms with van der Waals surface area (Å²) in [4.78, 5) is 38.0. The monoisotopic (exact) mass is 891 g/mol. The smallest absolute Gasteiger partial charge is 0.306 e. The summed E-state index contributed by atoms with van der Waals surface area (Å²) in [6.07, 6.45) is 58.1. The lowest BCUT2D eigenvalue weighted by Gasteiger charge is -2.18. The predicted octanol–water partition coefficient (Wildman–Crippen LogP) is 18.8. The molecule has 0 spiro atoms. The summed E-state index contributed by atoms with van der Waals surface area (Å²) in [5.74, 6) is -0.836. The molecule has 0 heterocycles. The van der Waals surface area contributed by atoms with Gasteiger partial charge in [0.1, 0.15) is 13.2 Å². The number of carbonyl (C=O) groups excluding carboxylic acids is 3. The molecule has 1 atom stereocenters. The molecular formula is C57H110O6. The van der Waals surface area contributed by atoms with Gasteiger partial charge in [-0.05, 0) is 19.3 Å². The van der Waals surface area contributed by atoms with Gasteiger partial charge in [0.25, 0.3) is 0 Å². The maximum absolute atomic E-state index is 12.8. The van der Waals surface area contributed by atoms with Crippen LogP contribution < -0.4 is 0 Å². The highest BCUT2D eigenvalue weighted by atomic mass is 16.6. The van der Waals surface area contributed by atoms with Crippen molar-refractivity contribution in [2.75, 3.05) is 13.2 Å². The van der Waals surface area contributed by atoms with Crippen molar-refractivity contribution < 1.29 is 28.6 Å². The first-order valence-corrected chi connectivity index (χ1v) is 28.5. The van der Waals surface area contributed by atoms with Crippen LogP contribution in [0.5, 0.6) is 0 Å². The quantitative estimate of drug-likeness (QED) is 0.0344. The third-order valence-corrected chi connectivity index (χ3v) is 13.1. The molecule has 0 aromatic carbocycles. The van der Waals surface area contributed by atoms with Gasteiger partial charge in [-0.3, -0.25) is 14.4 Å². The van der Waals surface area contributed by atoms with Crippen molar-refractivity contribution in [2.45, 2.75) is 335 Å². The van der Waals surface area contributed by atoms with Gasteiger partial charge in [0.15, 0.2) is 6.10 Å². The van der Waals surface area contributed by atoms with Gasteiger partial charge in [-0.2, -0.15) is 0 Å². The summed E-state index contributed by atoms with van der Waals surface area (Å²) in [5.41, 5.74) is 0. The second-order valence-corrected chi connectivity index (χ2v) is 19.6. The van der Waals surface area contributed by atoms with Crippen LogP contribution in [0, 0.1) is 0 Å². The van der Waals surface area contributed by atoms with E-state index in [0.29, 0.717) is 19.3 Å². The Kier molecular flexibility index (Phi) is 51.7. The maximum Gasteiger partial charge on any atom is 0.306 e. The van der Waals surface area contributed by atoms with Crippen LogP contribution in [0.15, 0.2) is 0 Å². The number of ether oxygens (including phenoxy) is 3. The minimum absolute atomic E-state index is 0.0614. The zero-order valence-corrected chi connectivity index (χ0v) is 42.9. The average Bonchev–Trinajstić information content (AvgIpc) is 3.28. The zero-order valence-electron chi connectivity index (χ0n) is 42.9. The van der Waals surface area contributed by atoms with Crippen molar-refractivity contribution in [3.8, 4) is 0 Å². The van der Waals surface area contributed by atoms with Crippen LogP contribution in [0.2, 0.25) is 0 Å². The van der Waals surface area contributed by atoms with E-state index in [1.54, 1.807) is 0 Å². The molecule has 0 fully saturated rings. The Morgan fingerprint density at radius 1 is 0.254 bits per heavy atom. The maximum atomic E-state index is 12.8. The minimum Gasteiger partial charge on any atom is -0.462 e. The summed E-state index contributed by atoms with van der Waals surface area (Å²) >= 11 is 0. The summed E-state index contributed by atoms with van der Waals surface area (Å²) in [5, 5.41) is 0. The fourth-order valence-electron chi connectivity index (χ4n) is 8.80. The Morgan fingerprint density at radius 3 is 0.635 bits per heavy atom. The van der Waals surface area contributed by atoms with Gasteiger partial charge in [0.05, 0.1) is 0 Å². The predicted molar refractivity (Wildman–Crippen MR) is 270 cm³/mol. The van der Waals surface area contributed by atoms with Gasteiger partial charge < -0.3 is 14.2 Å². The number of unbranched alkanes of at least 4 members (excludes halogenated alkanes) is 42.